The van der Waals surface area contributed by atoms with Crippen molar-refractivity contribution < 1.29 is 18.3 Å². The van der Waals surface area contributed by atoms with Crippen LogP contribution in [0.2, 0.25) is 0 Å². The van der Waals surface area contributed by atoms with Crippen molar-refractivity contribution in [3.05, 3.63) is 69.9 Å². The number of methoxy groups -OCH3 is 1. The van der Waals surface area contributed by atoms with Crippen LogP contribution < -0.4 is 10.1 Å². The van der Waals surface area contributed by atoms with Gasteiger partial charge in [-0.15, -0.1) is 11.3 Å². The molecule has 0 saturated heterocycles. The Balaban J connectivity index is 1.79. The molecule has 2 aromatic carbocycles. The molecule has 1 aliphatic heterocycles. The van der Waals surface area contributed by atoms with Gasteiger partial charge in [-0.1, -0.05) is 18.2 Å². The van der Waals surface area contributed by atoms with E-state index < -0.39 is 17.6 Å². The lowest BCUT2D eigenvalue weighted by Gasteiger charge is -2.24. The van der Waals surface area contributed by atoms with Gasteiger partial charge in [0, 0.05) is 34.2 Å². The van der Waals surface area contributed by atoms with Crippen LogP contribution in [0.5, 0.6) is 5.75 Å². The molecule has 0 radical (unpaired) electrons. The van der Waals surface area contributed by atoms with Crippen LogP contribution in [0.1, 0.15) is 22.8 Å². The number of halogens is 2. The highest BCUT2D eigenvalue weighted by Gasteiger charge is 2.32. The zero-order chi connectivity index (χ0) is 18.3. The first-order valence-electron chi connectivity index (χ1n) is 8.07. The van der Waals surface area contributed by atoms with Crippen molar-refractivity contribution in [3.63, 3.8) is 0 Å². The van der Waals surface area contributed by atoms with Gasteiger partial charge in [0.05, 0.1) is 12.8 Å². The van der Waals surface area contributed by atoms with E-state index in [1.807, 2.05) is 29.6 Å². The summed E-state index contributed by atoms with van der Waals surface area (Å²) in [6.45, 7) is 0. The summed E-state index contributed by atoms with van der Waals surface area (Å²) < 4.78 is 32.7. The highest BCUT2D eigenvalue weighted by atomic mass is 32.1. The molecule has 132 valence electrons. The van der Waals surface area contributed by atoms with Crippen LogP contribution in [-0.4, -0.2) is 13.0 Å². The van der Waals surface area contributed by atoms with E-state index in [1.165, 1.54) is 23.5 Å². The Bertz CT molecular complexity index is 982. The molecule has 1 N–H and O–H groups in total. The highest BCUT2D eigenvalue weighted by Crippen LogP contribution is 2.47. The Morgan fingerprint density at radius 1 is 1.15 bits per heavy atom. The monoisotopic (exact) mass is 371 g/mol. The largest absolute Gasteiger partial charge is 0.497 e. The van der Waals surface area contributed by atoms with Gasteiger partial charge in [0.2, 0.25) is 5.91 Å². The molecule has 0 unspecified atom stereocenters. The number of hydrogen-bond donors (Lipinski definition) is 1. The molecule has 3 nitrogen and oxygen atoms in total. The van der Waals surface area contributed by atoms with Crippen molar-refractivity contribution in [3.8, 4) is 16.9 Å². The number of benzene rings is 2. The van der Waals surface area contributed by atoms with Crippen molar-refractivity contribution in [1.29, 1.82) is 0 Å². The average Bonchev–Trinajstić information content (AvgIpc) is 3.05. The summed E-state index contributed by atoms with van der Waals surface area (Å²) in [5.74, 6) is -1.12. The summed E-state index contributed by atoms with van der Waals surface area (Å²) in [7, 11) is 1.60. The molecule has 26 heavy (non-hydrogen) atoms. The Morgan fingerprint density at radius 2 is 1.92 bits per heavy atom. The van der Waals surface area contributed by atoms with Crippen molar-refractivity contribution in [1.82, 2.24) is 0 Å². The summed E-state index contributed by atoms with van der Waals surface area (Å²) >= 11 is 1.47. The van der Waals surface area contributed by atoms with Gasteiger partial charge in [-0.05, 0) is 29.3 Å². The van der Waals surface area contributed by atoms with Gasteiger partial charge < -0.3 is 10.1 Å². The average molecular weight is 371 g/mol. The maximum atomic E-state index is 14.3. The molecule has 0 aliphatic carbocycles. The normalized spacial score (nSPS) is 16.1. The lowest BCUT2D eigenvalue weighted by Crippen LogP contribution is -2.23. The van der Waals surface area contributed by atoms with Gasteiger partial charge in [0.1, 0.15) is 17.4 Å². The summed E-state index contributed by atoms with van der Waals surface area (Å²) in [4.78, 5) is 13.1. The molecule has 0 spiro atoms. The molecule has 0 fully saturated rings. The molecule has 3 aromatic rings. The third-order valence-electron chi connectivity index (χ3n) is 4.53. The summed E-state index contributed by atoms with van der Waals surface area (Å²) in [5.41, 5.74) is 2.85. The first-order valence-corrected chi connectivity index (χ1v) is 8.95. The second-order valence-electron chi connectivity index (χ2n) is 6.09. The molecule has 2 heterocycles. The molecule has 1 amide bonds. The van der Waals surface area contributed by atoms with Crippen molar-refractivity contribution in [2.75, 3.05) is 12.4 Å². The van der Waals surface area contributed by atoms with Gasteiger partial charge in [0.15, 0.2) is 0 Å². The van der Waals surface area contributed by atoms with E-state index in [4.69, 9.17) is 4.74 Å². The predicted molar refractivity (Wildman–Crippen MR) is 97.8 cm³/mol. The fraction of sp³-hybridized carbons (Fsp3) is 0.150. The zero-order valence-corrected chi connectivity index (χ0v) is 14.7. The zero-order valence-electron chi connectivity index (χ0n) is 13.9. The number of thiophene rings is 1. The van der Waals surface area contributed by atoms with Crippen LogP contribution in [0.15, 0.2) is 47.8 Å². The van der Waals surface area contributed by atoms with E-state index in [0.717, 1.165) is 27.8 Å². The highest BCUT2D eigenvalue weighted by molar-refractivity contribution is 7.11. The lowest BCUT2D eigenvalue weighted by molar-refractivity contribution is -0.116. The summed E-state index contributed by atoms with van der Waals surface area (Å²) in [5, 5.41) is 4.86. The SMILES string of the molecule is COc1ccc(-c2csc3c2NC(=O)C[C@H]3c2ccc(F)cc2F)cc1. The van der Waals surface area contributed by atoms with Gasteiger partial charge in [-0.3, -0.25) is 4.79 Å². The molecule has 1 aliphatic rings. The smallest absolute Gasteiger partial charge is 0.225 e. The number of anilines is 1. The molecule has 6 heteroatoms. The maximum absolute atomic E-state index is 14.3. The van der Waals surface area contributed by atoms with E-state index in [0.29, 0.717) is 11.3 Å². The molecular weight excluding hydrogens is 356 g/mol. The second kappa shape index (κ2) is 6.53. The van der Waals surface area contributed by atoms with Gasteiger partial charge in [-0.25, -0.2) is 8.78 Å². The van der Waals surface area contributed by atoms with Crippen molar-refractivity contribution in [2.45, 2.75) is 12.3 Å². The third-order valence-corrected chi connectivity index (χ3v) is 5.62. The van der Waals surface area contributed by atoms with E-state index >= 15 is 0 Å². The number of nitrogens with one attached hydrogen (secondary N) is 1. The number of rotatable bonds is 3. The first-order chi connectivity index (χ1) is 12.6. The van der Waals surface area contributed by atoms with Crippen molar-refractivity contribution in [2.24, 2.45) is 0 Å². The van der Waals surface area contributed by atoms with Gasteiger partial charge in [-0.2, -0.15) is 0 Å². The molecular formula is C20H15F2NO2S. The molecule has 4 rings (SSSR count). The molecule has 0 bridgehead atoms. The number of carbonyl (C=O) groups excluding carboxylic acids is 1. The van der Waals surface area contributed by atoms with E-state index in [1.54, 1.807) is 7.11 Å². The fourth-order valence-corrected chi connectivity index (χ4v) is 4.40. The Labute approximate surface area is 153 Å². The Hall–Kier alpha value is -2.73. The molecule has 1 atom stereocenters. The third kappa shape index (κ3) is 2.86. The standard InChI is InChI=1S/C20H15F2NO2S/c1-25-13-5-2-11(3-6-13)16-10-26-20-15(9-18(24)23-19(16)20)14-7-4-12(21)8-17(14)22/h2-8,10,15H,9H2,1H3,(H,23,24)/t15-/m0/s1. The Morgan fingerprint density at radius 3 is 2.62 bits per heavy atom. The molecule has 0 saturated carbocycles. The van der Waals surface area contributed by atoms with E-state index in [9.17, 15) is 13.6 Å². The minimum absolute atomic E-state index is 0.137. The maximum Gasteiger partial charge on any atom is 0.225 e. The van der Waals surface area contributed by atoms with Crippen LogP contribution in [0, 0.1) is 11.6 Å². The topological polar surface area (TPSA) is 38.3 Å². The van der Waals surface area contributed by atoms with Crippen molar-refractivity contribution >= 4 is 22.9 Å². The van der Waals surface area contributed by atoms with E-state index in [2.05, 4.69) is 5.32 Å². The van der Waals surface area contributed by atoms with E-state index in [-0.39, 0.29) is 12.3 Å². The van der Waals surface area contributed by atoms with Gasteiger partial charge >= 0.3 is 0 Å². The van der Waals surface area contributed by atoms with Crippen LogP contribution in [0.3, 0.4) is 0 Å². The number of fused-ring (bicyclic) bond motifs is 1. The Kier molecular flexibility index (Phi) is 4.20. The quantitative estimate of drug-likeness (QED) is 0.689. The van der Waals surface area contributed by atoms with Crippen LogP contribution in [0.25, 0.3) is 11.1 Å². The summed E-state index contributed by atoms with van der Waals surface area (Å²) in [6, 6.07) is 11.0. The number of carbonyl (C=O) groups is 1. The first kappa shape index (κ1) is 16.7. The predicted octanol–water partition coefficient (Wildman–Crippen LogP) is 5.18. The second-order valence-corrected chi connectivity index (χ2v) is 7.00. The minimum Gasteiger partial charge on any atom is -0.497 e. The van der Waals surface area contributed by atoms with Crippen LogP contribution in [-0.2, 0) is 4.79 Å². The number of hydrogen-bond acceptors (Lipinski definition) is 3. The van der Waals surface area contributed by atoms with Crippen LogP contribution >= 0.6 is 11.3 Å². The molecule has 1 aromatic heterocycles. The fourth-order valence-electron chi connectivity index (χ4n) is 3.25. The number of ether oxygens (including phenoxy) is 1. The lowest BCUT2D eigenvalue weighted by atomic mass is 9.89. The number of amides is 1. The van der Waals surface area contributed by atoms with Gasteiger partial charge in [0.25, 0.3) is 0 Å². The minimum atomic E-state index is -0.630. The summed E-state index contributed by atoms with van der Waals surface area (Å²) in [6.07, 6.45) is 0.137. The van der Waals surface area contributed by atoms with Crippen LogP contribution in [0.4, 0.5) is 14.5 Å².